The van der Waals surface area contributed by atoms with Crippen molar-refractivity contribution < 1.29 is 8.83 Å². The highest BCUT2D eigenvalue weighted by Gasteiger charge is 2.17. The van der Waals surface area contributed by atoms with Crippen LogP contribution < -0.4 is 0 Å². The molecule has 0 bridgehead atoms. The molecule has 0 amide bonds. The first-order chi connectivity index (χ1) is 10.3. The molecule has 0 saturated heterocycles. The van der Waals surface area contributed by atoms with E-state index >= 15 is 0 Å². The van der Waals surface area contributed by atoms with Gasteiger partial charge in [-0.1, -0.05) is 36.4 Å². The number of rotatable bonds is 0. The number of fused-ring (bicyclic) bond motifs is 6. The van der Waals surface area contributed by atoms with Gasteiger partial charge in [0.05, 0.1) is 3.57 Å². The smallest absolute Gasteiger partial charge is 0.152 e. The van der Waals surface area contributed by atoms with Crippen molar-refractivity contribution in [2.24, 2.45) is 0 Å². The minimum atomic E-state index is 0.906. The van der Waals surface area contributed by atoms with Gasteiger partial charge < -0.3 is 8.83 Å². The molecule has 0 aliphatic carbocycles. The topological polar surface area (TPSA) is 26.3 Å². The number of benzene rings is 3. The molecule has 100 valence electrons. The number of para-hydroxylation sites is 2. The minimum Gasteiger partial charge on any atom is -0.455 e. The molecular formula is C18H9IO2. The first-order valence-electron chi connectivity index (χ1n) is 6.74. The Kier molecular flexibility index (Phi) is 2.22. The summed E-state index contributed by atoms with van der Waals surface area (Å²) in [6, 6.07) is 18.5. The zero-order valence-electron chi connectivity index (χ0n) is 10.9. The fourth-order valence-electron chi connectivity index (χ4n) is 2.99. The predicted molar refractivity (Wildman–Crippen MR) is 93.7 cm³/mol. The number of hydrogen-bond acceptors (Lipinski definition) is 2. The summed E-state index contributed by atoms with van der Waals surface area (Å²) < 4.78 is 13.1. The Bertz CT molecular complexity index is 1060. The first-order valence-corrected chi connectivity index (χ1v) is 7.82. The van der Waals surface area contributed by atoms with E-state index in [1.54, 1.807) is 0 Å². The number of halogens is 1. The fraction of sp³-hybridized carbons (Fsp3) is 0. The van der Waals surface area contributed by atoms with Crippen LogP contribution in [0.25, 0.3) is 43.9 Å². The highest BCUT2D eigenvalue weighted by Crippen LogP contribution is 2.39. The summed E-state index contributed by atoms with van der Waals surface area (Å²) in [6.07, 6.45) is 0. The van der Waals surface area contributed by atoms with Crippen molar-refractivity contribution in [2.75, 3.05) is 0 Å². The van der Waals surface area contributed by atoms with Crippen molar-refractivity contribution in [3.8, 4) is 0 Å². The average Bonchev–Trinajstić information content (AvgIpc) is 3.07. The monoisotopic (exact) mass is 384 g/mol. The van der Waals surface area contributed by atoms with Gasteiger partial charge in [-0.25, -0.2) is 0 Å². The summed E-state index contributed by atoms with van der Waals surface area (Å²) in [5.74, 6) is 0. The molecule has 5 aromatic rings. The Morgan fingerprint density at radius 2 is 1.10 bits per heavy atom. The molecule has 5 rings (SSSR count). The lowest BCUT2D eigenvalue weighted by Gasteiger charge is -1.95. The van der Waals surface area contributed by atoms with E-state index in [2.05, 4.69) is 40.8 Å². The van der Waals surface area contributed by atoms with Crippen LogP contribution in [0, 0.1) is 3.57 Å². The molecule has 21 heavy (non-hydrogen) atoms. The van der Waals surface area contributed by atoms with E-state index in [1.807, 2.05) is 36.4 Å². The quantitative estimate of drug-likeness (QED) is 0.302. The lowest BCUT2D eigenvalue weighted by molar-refractivity contribution is 0.652. The van der Waals surface area contributed by atoms with Crippen LogP contribution in [-0.2, 0) is 0 Å². The van der Waals surface area contributed by atoms with Gasteiger partial charge >= 0.3 is 0 Å². The van der Waals surface area contributed by atoms with Crippen LogP contribution in [0.3, 0.4) is 0 Å². The van der Waals surface area contributed by atoms with Gasteiger partial charge in [0.2, 0.25) is 0 Å². The molecule has 2 aromatic heterocycles. The molecule has 0 aliphatic rings. The Morgan fingerprint density at radius 3 is 1.62 bits per heavy atom. The molecule has 0 radical (unpaired) electrons. The van der Waals surface area contributed by atoms with Crippen LogP contribution in [0.15, 0.2) is 63.4 Å². The molecule has 0 N–H and O–H groups in total. The summed E-state index contributed by atoms with van der Waals surface area (Å²) >= 11 is 2.32. The maximum atomic E-state index is 6.02. The van der Waals surface area contributed by atoms with Crippen LogP contribution in [0.2, 0.25) is 0 Å². The van der Waals surface area contributed by atoms with Gasteiger partial charge in [-0.05, 0) is 40.8 Å². The summed E-state index contributed by atoms with van der Waals surface area (Å²) in [6.45, 7) is 0. The van der Waals surface area contributed by atoms with Crippen molar-refractivity contribution in [3.05, 3.63) is 58.2 Å². The van der Waals surface area contributed by atoms with Crippen LogP contribution in [0.1, 0.15) is 0 Å². The third kappa shape index (κ3) is 1.47. The molecule has 3 heteroatoms. The lowest BCUT2D eigenvalue weighted by Crippen LogP contribution is -1.75. The molecule has 0 atom stereocenters. The SMILES string of the molecule is Ic1c2oc3ccccc3c2cc2c1oc1ccccc12. The van der Waals surface area contributed by atoms with Gasteiger partial charge in [0.15, 0.2) is 11.2 Å². The predicted octanol–water partition coefficient (Wildman–Crippen LogP) is 6.09. The van der Waals surface area contributed by atoms with Crippen LogP contribution in [-0.4, -0.2) is 0 Å². The summed E-state index contributed by atoms with van der Waals surface area (Å²) in [7, 11) is 0. The minimum absolute atomic E-state index is 0.906. The summed E-state index contributed by atoms with van der Waals surface area (Å²) in [5.41, 5.74) is 3.65. The van der Waals surface area contributed by atoms with E-state index in [0.29, 0.717) is 0 Å². The molecular weight excluding hydrogens is 375 g/mol. The van der Waals surface area contributed by atoms with Crippen molar-refractivity contribution in [2.45, 2.75) is 0 Å². The second-order valence-electron chi connectivity index (χ2n) is 5.14. The van der Waals surface area contributed by atoms with Crippen LogP contribution >= 0.6 is 22.6 Å². The lowest BCUT2D eigenvalue weighted by atomic mass is 10.1. The third-order valence-corrected chi connectivity index (χ3v) is 4.93. The molecule has 3 aromatic carbocycles. The summed E-state index contributed by atoms with van der Waals surface area (Å²) in [5, 5.41) is 4.60. The van der Waals surface area contributed by atoms with E-state index in [0.717, 1.165) is 47.4 Å². The maximum Gasteiger partial charge on any atom is 0.152 e. The third-order valence-electron chi connectivity index (χ3n) is 3.96. The van der Waals surface area contributed by atoms with Crippen molar-refractivity contribution >= 4 is 66.5 Å². The molecule has 0 unspecified atom stereocenters. The highest BCUT2D eigenvalue weighted by atomic mass is 127. The molecule has 0 fully saturated rings. The van der Waals surface area contributed by atoms with Crippen molar-refractivity contribution in [1.29, 1.82) is 0 Å². The normalized spacial score (nSPS) is 12.0. The Hall–Kier alpha value is -2.01. The molecule has 2 nitrogen and oxygen atoms in total. The molecule has 0 saturated carbocycles. The van der Waals surface area contributed by atoms with Crippen LogP contribution in [0.4, 0.5) is 0 Å². The zero-order chi connectivity index (χ0) is 14.0. The molecule has 0 aliphatic heterocycles. The zero-order valence-corrected chi connectivity index (χ0v) is 13.0. The van der Waals surface area contributed by atoms with Crippen LogP contribution in [0.5, 0.6) is 0 Å². The largest absolute Gasteiger partial charge is 0.455 e. The van der Waals surface area contributed by atoms with Crippen molar-refractivity contribution in [1.82, 2.24) is 0 Å². The Balaban J connectivity index is 2.11. The average molecular weight is 384 g/mol. The first kappa shape index (κ1) is 11.6. The van der Waals surface area contributed by atoms with Gasteiger partial charge in [-0.2, -0.15) is 0 Å². The second kappa shape index (κ2) is 4.01. The Labute approximate surface area is 133 Å². The van der Waals surface area contributed by atoms with E-state index in [4.69, 9.17) is 8.83 Å². The van der Waals surface area contributed by atoms with Gasteiger partial charge in [0.1, 0.15) is 11.2 Å². The van der Waals surface area contributed by atoms with E-state index in [9.17, 15) is 0 Å². The van der Waals surface area contributed by atoms with E-state index in [1.165, 1.54) is 0 Å². The van der Waals surface area contributed by atoms with Gasteiger partial charge in [-0.15, -0.1) is 0 Å². The standard InChI is InChI=1S/C18H9IO2/c19-16-17-12(10-5-1-3-7-14(10)20-17)9-13-11-6-2-4-8-15(11)21-18(13)16/h1-9H. The fourth-order valence-corrected chi connectivity index (χ4v) is 3.79. The second-order valence-corrected chi connectivity index (χ2v) is 6.22. The van der Waals surface area contributed by atoms with E-state index < -0.39 is 0 Å². The number of furan rings is 2. The van der Waals surface area contributed by atoms with Gasteiger partial charge in [-0.3, -0.25) is 0 Å². The molecule has 0 spiro atoms. The molecule has 2 heterocycles. The number of hydrogen-bond donors (Lipinski definition) is 0. The van der Waals surface area contributed by atoms with Crippen molar-refractivity contribution in [3.63, 3.8) is 0 Å². The maximum absolute atomic E-state index is 6.02. The highest BCUT2D eigenvalue weighted by molar-refractivity contribution is 14.1. The van der Waals surface area contributed by atoms with Gasteiger partial charge in [0.25, 0.3) is 0 Å². The van der Waals surface area contributed by atoms with E-state index in [-0.39, 0.29) is 0 Å². The summed E-state index contributed by atoms with van der Waals surface area (Å²) in [4.78, 5) is 0. The Morgan fingerprint density at radius 1 is 0.619 bits per heavy atom. The van der Waals surface area contributed by atoms with Gasteiger partial charge in [0, 0.05) is 21.5 Å².